The first-order chi connectivity index (χ1) is 13.1. The summed E-state index contributed by atoms with van der Waals surface area (Å²) >= 11 is 0. The Labute approximate surface area is 160 Å². The summed E-state index contributed by atoms with van der Waals surface area (Å²) in [5.74, 6) is 0.795. The van der Waals surface area contributed by atoms with Crippen LogP contribution in [0.1, 0.15) is 43.0 Å². The first-order valence-electron chi connectivity index (χ1n) is 9.77. The molecule has 1 atom stereocenters. The minimum absolute atomic E-state index is 0.0495. The van der Waals surface area contributed by atoms with E-state index in [9.17, 15) is 9.59 Å². The molecule has 1 unspecified atom stereocenters. The average Bonchev–Trinajstić information content (AvgIpc) is 2.72. The van der Waals surface area contributed by atoms with E-state index in [4.69, 9.17) is 4.74 Å². The van der Waals surface area contributed by atoms with Gasteiger partial charge in [-0.05, 0) is 48.2 Å². The van der Waals surface area contributed by atoms with Crippen LogP contribution in [0.5, 0.6) is 5.75 Å². The van der Waals surface area contributed by atoms with E-state index >= 15 is 0 Å². The molecule has 1 aliphatic heterocycles. The minimum atomic E-state index is -0.133. The van der Waals surface area contributed by atoms with Gasteiger partial charge in [-0.1, -0.05) is 31.5 Å². The molecule has 5 nitrogen and oxygen atoms in total. The molecule has 1 fully saturated rings. The molecule has 1 aliphatic rings. The van der Waals surface area contributed by atoms with Crippen LogP contribution in [0.25, 0.3) is 10.8 Å². The van der Waals surface area contributed by atoms with Gasteiger partial charge in [0.2, 0.25) is 0 Å². The highest BCUT2D eigenvalue weighted by molar-refractivity contribution is 6.01. The zero-order chi connectivity index (χ0) is 19.2. The lowest BCUT2D eigenvalue weighted by atomic mass is 9.89. The molecule has 0 bridgehead atoms. The number of benzene rings is 2. The van der Waals surface area contributed by atoms with Gasteiger partial charge in [0.05, 0.1) is 7.11 Å². The van der Waals surface area contributed by atoms with Crippen LogP contribution in [0.4, 0.5) is 4.79 Å². The first-order valence-corrected chi connectivity index (χ1v) is 9.77. The van der Waals surface area contributed by atoms with Crippen molar-refractivity contribution < 1.29 is 14.3 Å². The van der Waals surface area contributed by atoms with E-state index in [1.165, 1.54) is 0 Å². The highest BCUT2D eigenvalue weighted by Gasteiger charge is 2.29. The van der Waals surface area contributed by atoms with Gasteiger partial charge in [-0.2, -0.15) is 0 Å². The van der Waals surface area contributed by atoms with Gasteiger partial charge in [0, 0.05) is 31.1 Å². The first kappa shape index (κ1) is 19.2. The predicted molar refractivity (Wildman–Crippen MR) is 107 cm³/mol. The van der Waals surface area contributed by atoms with Crippen molar-refractivity contribution in [2.45, 2.75) is 32.6 Å². The van der Waals surface area contributed by atoms with Crippen LogP contribution in [0.2, 0.25) is 0 Å². The Morgan fingerprint density at radius 3 is 2.74 bits per heavy atom. The van der Waals surface area contributed by atoms with Crippen LogP contribution < -0.4 is 10.1 Å². The molecule has 0 aromatic heterocycles. The monoisotopic (exact) mass is 368 g/mol. The van der Waals surface area contributed by atoms with Crippen molar-refractivity contribution in [3.8, 4) is 5.75 Å². The smallest absolute Gasteiger partial charge is 0.317 e. The molecule has 2 aromatic rings. The number of nitrogens with zero attached hydrogens (tertiary/aromatic N) is 1. The normalized spacial score (nSPS) is 17.0. The van der Waals surface area contributed by atoms with Crippen molar-refractivity contribution >= 4 is 22.6 Å². The summed E-state index contributed by atoms with van der Waals surface area (Å²) in [4.78, 5) is 27.1. The number of ether oxygens (including phenoxy) is 1. The van der Waals surface area contributed by atoms with Gasteiger partial charge >= 0.3 is 6.03 Å². The van der Waals surface area contributed by atoms with E-state index < -0.39 is 0 Å². The second kappa shape index (κ2) is 8.89. The highest BCUT2D eigenvalue weighted by Crippen LogP contribution is 2.25. The van der Waals surface area contributed by atoms with Crippen molar-refractivity contribution in [1.29, 1.82) is 0 Å². The van der Waals surface area contributed by atoms with Crippen molar-refractivity contribution in [3.05, 3.63) is 42.0 Å². The quantitative estimate of drug-likeness (QED) is 0.612. The number of likely N-dealkylation sites (tertiary alicyclic amines) is 1. The number of hydrogen-bond donors (Lipinski definition) is 1. The van der Waals surface area contributed by atoms with Gasteiger partial charge in [-0.3, -0.25) is 4.79 Å². The van der Waals surface area contributed by atoms with E-state index in [-0.39, 0.29) is 17.7 Å². The molecule has 144 valence electrons. The number of urea groups is 1. The number of hydrogen-bond acceptors (Lipinski definition) is 3. The van der Waals surface area contributed by atoms with Crippen LogP contribution >= 0.6 is 0 Å². The van der Waals surface area contributed by atoms with Gasteiger partial charge in [0.1, 0.15) is 5.75 Å². The van der Waals surface area contributed by atoms with Crippen LogP contribution in [0.15, 0.2) is 36.4 Å². The lowest BCUT2D eigenvalue weighted by molar-refractivity contribution is 0.0846. The van der Waals surface area contributed by atoms with Gasteiger partial charge in [0.25, 0.3) is 0 Å². The number of ketones is 1. The maximum absolute atomic E-state index is 13.0. The third-order valence-electron chi connectivity index (χ3n) is 5.22. The SMILES string of the molecule is CCCCNC(=O)N1CCCC(C(=O)c2ccc3cc(OC)ccc3c2)C1. The number of Topliss-reactive ketones (excluding diaryl/α,β-unsaturated/α-hetero) is 1. The number of carbonyl (C=O) groups excluding carboxylic acids is 2. The fourth-order valence-corrected chi connectivity index (χ4v) is 3.60. The minimum Gasteiger partial charge on any atom is -0.497 e. The van der Waals surface area contributed by atoms with Gasteiger partial charge in [0.15, 0.2) is 5.78 Å². The number of amides is 2. The van der Waals surface area contributed by atoms with Crippen LogP contribution in [0.3, 0.4) is 0 Å². The Kier molecular flexibility index (Phi) is 6.32. The molecule has 2 amide bonds. The molecule has 1 saturated heterocycles. The third-order valence-corrected chi connectivity index (χ3v) is 5.22. The van der Waals surface area contributed by atoms with E-state index in [2.05, 4.69) is 12.2 Å². The van der Waals surface area contributed by atoms with E-state index in [1.807, 2.05) is 36.4 Å². The van der Waals surface area contributed by atoms with Crippen molar-refractivity contribution in [1.82, 2.24) is 10.2 Å². The summed E-state index contributed by atoms with van der Waals surface area (Å²) in [6.07, 6.45) is 3.72. The van der Waals surface area contributed by atoms with Gasteiger partial charge < -0.3 is 15.0 Å². The predicted octanol–water partition coefficient (Wildman–Crippen LogP) is 4.25. The zero-order valence-electron chi connectivity index (χ0n) is 16.2. The largest absolute Gasteiger partial charge is 0.497 e. The summed E-state index contributed by atoms with van der Waals surface area (Å²) in [5.41, 5.74) is 0.714. The van der Waals surface area contributed by atoms with Crippen molar-refractivity contribution in [3.63, 3.8) is 0 Å². The van der Waals surface area contributed by atoms with Gasteiger partial charge in [-0.15, -0.1) is 0 Å². The fourth-order valence-electron chi connectivity index (χ4n) is 3.60. The van der Waals surface area contributed by atoms with E-state index in [0.717, 1.165) is 48.8 Å². The number of piperidine rings is 1. The van der Waals surface area contributed by atoms with E-state index in [0.29, 0.717) is 18.7 Å². The Morgan fingerprint density at radius 1 is 1.19 bits per heavy atom. The molecule has 1 heterocycles. The number of unbranched alkanes of at least 4 members (excludes halogenated alkanes) is 1. The Morgan fingerprint density at radius 2 is 1.96 bits per heavy atom. The summed E-state index contributed by atoms with van der Waals surface area (Å²) in [6, 6.07) is 11.6. The molecule has 2 aromatic carbocycles. The summed E-state index contributed by atoms with van der Waals surface area (Å²) in [7, 11) is 1.65. The Hall–Kier alpha value is -2.56. The Bertz CT molecular complexity index is 818. The Balaban J connectivity index is 1.69. The molecular formula is C22H28N2O3. The second-order valence-corrected chi connectivity index (χ2v) is 7.16. The number of methoxy groups -OCH3 is 1. The van der Waals surface area contributed by atoms with Crippen LogP contribution in [-0.4, -0.2) is 43.5 Å². The second-order valence-electron chi connectivity index (χ2n) is 7.16. The number of rotatable bonds is 6. The molecule has 0 spiro atoms. The standard InChI is InChI=1S/C22H28N2O3/c1-3-4-11-23-22(26)24-12-5-6-19(15-24)21(25)18-8-7-17-14-20(27-2)10-9-16(17)13-18/h7-10,13-14,19H,3-6,11-12,15H2,1-2H3,(H,23,26). The fraction of sp³-hybridized carbons (Fsp3) is 0.455. The molecule has 27 heavy (non-hydrogen) atoms. The van der Waals surface area contributed by atoms with Crippen LogP contribution in [-0.2, 0) is 0 Å². The lowest BCUT2D eigenvalue weighted by Crippen LogP contribution is -2.47. The summed E-state index contributed by atoms with van der Waals surface area (Å²) in [6.45, 7) is 4.01. The number of carbonyl (C=O) groups is 2. The molecule has 5 heteroatoms. The van der Waals surface area contributed by atoms with Crippen molar-refractivity contribution in [2.24, 2.45) is 5.92 Å². The third kappa shape index (κ3) is 4.59. The average molecular weight is 368 g/mol. The molecule has 1 N–H and O–H groups in total. The van der Waals surface area contributed by atoms with E-state index in [1.54, 1.807) is 12.0 Å². The lowest BCUT2D eigenvalue weighted by Gasteiger charge is -2.32. The highest BCUT2D eigenvalue weighted by atomic mass is 16.5. The summed E-state index contributed by atoms with van der Waals surface area (Å²) < 4.78 is 5.25. The molecule has 0 radical (unpaired) electrons. The number of nitrogens with one attached hydrogen (secondary N) is 1. The zero-order valence-corrected chi connectivity index (χ0v) is 16.2. The molecule has 3 rings (SSSR count). The van der Waals surface area contributed by atoms with Gasteiger partial charge in [-0.25, -0.2) is 4.79 Å². The summed E-state index contributed by atoms with van der Waals surface area (Å²) in [5, 5.41) is 5.02. The van der Waals surface area contributed by atoms with Crippen molar-refractivity contribution in [2.75, 3.05) is 26.7 Å². The molecule has 0 saturated carbocycles. The topological polar surface area (TPSA) is 58.6 Å². The molecule has 0 aliphatic carbocycles. The molecular weight excluding hydrogens is 340 g/mol. The maximum Gasteiger partial charge on any atom is 0.317 e. The number of fused-ring (bicyclic) bond motifs is 1. The van der Waals surface area contributed by atoms with Crippen LogP contribution in [0, 0.1) is 5.92 Å². The maximum atomic E-state index is 13.0.